The summed E-state index contributed by atoms with van der Waals surface area (Å²) < 4.78 is 0. The van der Waals surface area contributed by atoms with Gasteiger partial charge < -0.3 is 9.88 Å². The Bertz CT molecular complexity index is 533. The molecule has 3 rings (SSSR count). The molecule has 1 N–H and O–H groups in total. The van der Waals surface area contributed by atoms with Gasteiger partial charge in [-0.2, -0.15) is 0 Å². The van der Waals surface area contributed by atoms with Crippen molar-refractivity contribution in [3.8, 4) is 0 Å². The summed E-state index contributed by atoms with van der Waals surface area (Å²) in [5, 5.41) is 2.10. The Balaban J connectivity index is 1.53. The van der Waals surface area contributed by atoms with Crippen molar-refractivity contribution in [3.63, 3.8) is 0 Å². The van der Waals surface area contributed by atoms with E-state index in [-0.39, 0.29) is 6.04 Å². The third-order valence-corrected chi connectivity index (χ3v) is 4.88. The van der Waals surface area contributed by atoms with Crippen LogP contribution in [0.5, 0.6) is 0 Å². The molecular weight excluding hydrogens is 268 g/mol. The highest BCUT2D eigenvalue weighted by Gasteiger charge is 2.29. The lowest BCUT2D eigenvalue weighted by Gasteiger charge is -2.24. The number of thiophene rings is 1. The Kier molecular flexibility index (Phi) is 4.21. The predicted molar refractivity (Wildman–Crippen MR) is 81.7 cm³/mol. The van der Waals surface area contributed by atoms with Crippen LogP contribution in [0.1, 0.15) is 42.3 Å². The van der Waals surface area contributed by atoms with Crippen LogP contribution < -0.4 is 0 Å². The Hall–Kier alpha value is -1.55. The first kappa shape index (κ1) is 13.4. The number of likely N-dealkylation sites (tertiary alicyclic amines) is 1. The van der Waals surface area contributed by atoms with Gasteiger partial charge in [-0.05, 0) is 49.3 Å². The molecule has 3 nitrogen and oxygen atoms in total. The number of nitrogens with zero attached hydrogens (tertiary/aromatic N) is 1. The van der Waals surface area contributed by atoms with Gasteiger partial charge in [0.2, 0.25) is 5.91 Å². The molecule has 0 unspecified atom stereocenters. The maximum Gasteiger partial charge on any atom is 0.223 e. The molecule has 4 heteroatoms. The maximum absolute atomic E-state index is 12.4. The summed E-state index contributed by atoms with van der Waals surface area (Å²) in [6.07, 6.45) is 6.76. The van der Waals surface area contributed by atoms with Crippen molar-refractivity contribution >= 4 is 17.2 Å². The summed E-state index contributed by atoms with van der Waals surface area (Å²) in [5.74, 6) is 0.304. The van der Waals surface area contributed by atoms with Gasteiger partial charge in [0.1, 0.15) is 0 Å². The highest BCUT2D eigenvalue weighted by Crippen LogP contribution is 2.31. The van der Waals surface area contributed by atoms with Crippen molar-refractivity contribution in [2.75, 3.05) is 6.54 Å². The van der Waals surface area contributed by atoms with E-state index in [1.165, 1.54) is 10.6 Å². The molecule has 1 aliphatic rings. The van der Waals surface area contributed by atoms with E-state index in [1.807, 2.05) is 12.3 Å². The fourth-order valence-corrected chi connectivity index (χ4v) is 3.70. The number of carbonyl (C=O) groups excluding carboxylic acids is 1. The van der Waals surface area contributed by atoms with Crippen molar-refractivity contribution < 1.29 is 4.79 Å². The van der Waals surface area contributed by atoms with E-state index in [4.69, 9.17) is 0 Å². The Morgan fingerprint density at radius 3 is 3.10 bits per heavy atom. The zero-order chi connectivity index (χ0) is 13.8. The number of hydrogen-bond donors (Lipinski definition) is 1. The minimum absolute atomic E-state index is 0.263. The molecule has 20 heavy (non-hydrogen) atoms. The second-order valence-corrected chi connectivity index (χ2v) is 6.34. The molecule has 2 aromatic heterocycles. The number of carbonyl (C=O) groups is 1. The number of aryl methyl sites for hydroxylation is 1. The molecule has 1 fully saturated rings. The van der Waals surface area contributed by atoms with Gasteiger partial charge in [0.25, 0.3) is 0 Å². The molecule has 0 bridgehead atoms. The van der Waals surface area contributed by atoms with Crippen LogP contribution in [-0.4, -0.2) is 22.3 Å². The first-order valence-corrected chi connectivity index (χ1v) is 8.18. The standard InChI is InChI=1S/C16H20N2OS/c19-16(9-1-5-13-6-4-12-20-13)18-11-3-8-15(18)14-7-2-10-17-14/h2,4,6-7,10,12,15,17H,1,3,5,8-9,11H2/t15-/m0/s1. The lowest BCUT2D eigenvalue weighted by atomic mass is 10.1. The van der Waals surface area contributed by atoms with Gasteiger partial charge >= 0.3 is 0 Å². The van der Waals surface area contributed by atoms with Crippen LogP contribution in [0.25, 0.3) is 0 Å². The molecule has 0 spiro atoms. The highest BCUT2D eigenvalue weighted by atomic mass is 32.1. The van der Waals surface area contributed by atoms with E-state index in [2.05, 4.69) is 33.5 Å². The van der Waals surface area contributed by atoms with Crippen molar-refractivity contribution in [2.45, 2.75) is 38.1 Å². The van der Waals surface area contributed by atoms with E-state index in [1.54, 1.807) is 11.3 Å². The third-order valence-electron chi connectivity index (χ3n) is 3.95. The first-order chi connectivity index (χ1) is 9.84. The molecule has 1 atom stereocenters. The molecule has 1 amide bonds. The number of aromatic amines is 1. The SMILES string of the molecule is O=C(CCCc1cccs1)N1CCC[C@H]1c1ccc[nH]1. The molecule has 1 aliphatic heterocycles. The largest absolute Gasteiger partial charge is 0.363 e. The van der Waals surface area contributed by atoms with Crippen LogP contribution in [0.15, 0.2) is 35.8 Å². The molecule has 1 saturated heterocycles. The molecule has 106 valence electrons. The lowest BCUT2D eigenvalue weighted by Crippen LogP contribution is -2.30. The molecule has 0 saturated carbocycles. The average Bonchev–Trinajstić information content (AvgIpc) is 3.19. The minimum Gasteiger partial charge on any atom is -0.363 e. The summed E-state index contributed by atoms with van der Waals surface area (Å²) in [5.41, 5.74) is 1.18. The normalized spacial score (nSPS) is 18.6. The number of amides is 1. The van der Waals surface area contributed by atoms with E-state index < -0.39 is 0 Å². The Morgan fingerprint density at radius 1 is 1.40 bits per heavy atom. The number of rotatable bonds is 5. The zero-order valence-corrected chi connectivity index (χ0v) is 12.4. The minimum atomic E-state index is 0.263. The van der Waals surface area contributed by atoms with Crippen molar-refractivity contribution in [3.05, 3.63) is 46.4 Å². The van der Waals surface area contributed by atoms with Gasteiger partial charge in [0, 0.05) is 29.7 Å². The van der Waals surface area contributed by atoms with Crippen LogP contribution in [0, 0.1) is 0 Å². The molecule has 3 heterocycles. The van der Waals surface area contributed by atoms with Gasteiger partial charge in [-0.3, -0.25) is 4.79 Å². The Morgan fingerprint density at radius 2 is 2.35 bits per heavy atom. The fourth-order valence-electron chi connectivity index (χ4n) is 2.95. The maximum atomic E-state index is 12.4. The topological polar surface area (TPSA) is 36.1 Å². The number of aromatic nitrogens is 1. The molecule has 0 radical (unpaired) electrons. The average molecular weight is 288 g/mol. The predicted octanol–water partition coefficient (Wildman–Crippen LogP) is 3.76. The monoisotopic (exact) mass is 288 g/mol. The molecule has 0 aliphatic carbocycles. The van der Waals surface area contributed by atoms with Gasteiger partial charge in [-0.25, -0.2) is 0 Å². The summed E-state index contributed by atoms with van der Waals surface area (Å²) in [7, 11) is 0. The first-order valence-electron chi connectivity index (χ1n) is 7.30. The van der Waals surface area contributed by atoms with Crippen molar-refractivity contribution in [2.24, 2.45) is 0 Å². The number of H-pyrrole nitrogens is 1. The van der Waals surface area contributed by atoms with Gasteiger partial charge in [-0.1, -0.05) is 6.07 Å². The second kappa shape index (κ2) is 6.27. The van der Waals surface area contributed by atoms with E-state index in [0.717, 1.165) is 32.2 Å². The van der Waals surface area contributed by atoms with Crippen LogP contribution in [0.4, 0.5) is 0 Å². The highest BCUT2D eigenvalue weighted by molar-refractivity contribution is 7.09. The van der Waals surface area contributed by atoms with Gasteiger partial charge in [-0.15, -0.1) is 11.3 Å². The quantitative estimate of drug-likeness (QED) is 0.893. The summed E-state index contributed by atoms with van der Waals surface area (Å²) in [6.45, 7) is 0.904. The fraction of sp³-hybridized carbons (Fsp3) is 0.438. The third kappa shape index (κ3) is 2.96. The van der Waals surface area contributed by atoms with E-state index in [0.29, 0.717) is 12.3 Å². The zero-order valence-electron chi connectivity index (χ0n) is 11.5. The van der Waals surface area contributed by atoms with Crippen LogP contribution >= 0.6 is 11.3 Å². The summed E-state index contributed by atoms with van der Waals surface area (Å²) in [4.78, 5) is 19.1. The van der Waals surface area contributed by atoms with Crippen LogP contribution in [0.3, 0.4) is 0 Å². The smallest absolute Gasteiger partial charge is 0.223 e. The molecule has 0 aromatic carbocycles. The van der Waals surface area contributed by atoms with Crippen LogP contribution in [0.2, 0.25) is 0 Å². The van der Waals surface area contributed by atoms with Gasteiger partial charge in [0.05, 0.1) is 6.04 Å². The van der Waals surface area contributed by atoms with Crippen molar-refractivity contribution in [1.82, 2.24) is 9.88 Å². The van der Waals surface area contributed by atoms with E-state index in [9.17, 15) is 4.79 Å². The number of nitrogens with one attached hydrogen (secondary N) is 1. The van der Waals surface area contributed by atoms with Gasteiger partial charge in [0.15, 0.2) is 0 Å². The molecular formula is C16H20N2OS. The van der Waals surface area contributed by atoms with Crippen molar-refractivity contribution in [1.29, 1.82) is 0 Å². The second-order valence-electron chi connectivity index (χ2n) is 5.30. The van der Waals surface area contributed by atoms with Crippen LogP contribution in [-0.2, 0) is 11.2 Å². The number of hydrogen-bond acceptors (Lipinski definition) is 2. The summed E-state index contributed by atoms with van der Waals surface area (Å²) in [6, 6.07) is 8.57. The van der Waals surface area contributed by atoms with E-state index >= 15 is 0 Å². The Labute approximate surface area is 123 Å². The lowest BCUT2D eigenvalue weighted by molar-refractivity contribution is -0.132. The summed E-state index contributed by atoms with van der Waals surface area (Å²) >= 11 is 1.78. The molecule has 2 aromatic rings.